The molecule has 34 heavy (non-hydrogen) atoms. The second-order valence-corrected chi connectivity index (χ2v) is 11.1. The van der Waals surface area contributed by atoms with Gasteiger partial charge in [0.2, 0.25) is 5.95 Å². The largest absolute Gasteiger partial charge is 0.370 e. The summed E-state index contributed by atoms with van der Waals surface area (Å²) < 4.78 is 0. The third kappa shape index (κ3) is 4.81. The number of pyridine rings is 1. The maximum absolute atomic E-state index is 4.80. The number of nitrogens with zero attached hydrogens (tertiary/aromatic N) is 5. The first kappa shape index (κ1) is 23.2. The van der Waals surface area contributed by atoms with Gasteiger partial charge in [0.1, 0.15) is 11.6 Å². The van der Waals surface area contributed by atoms with Gasteiger partial charge in [0.05, 0.1) is 0 Å². The summed E-state index contributed by atoms with van der Waals surface area (Å²) in [7, 11) is 0. The van der Waals surface area contributed by atoms with Crippen molar-refractivity contribution in [3.8, 4) is 0 Å². The van der Waals surface area contributed by atoms with E-state index in [9.17, 15) is 0 Å². The minimum absolute atomic E-state index is 0.444. The van der Waals surface area contributed by atoms with E-state index in [1.54, 1.807) is 0 Å². The van der Waals surface area contributed by atoms with Gasteiger partial charge in [-0.3, -0.25) is 0 Å². The summed E-state index contributed by atoms with van der Waals surface area (Å²) in [4.78, 5) is 18.9. The SMILES string of the molecule is CSCC1CN(c2ccc(C(C)C)c3cc(Nc4ccnc(N5CCC(C)CC5)n4)ncc23)C1. The maximum Gasteiger partial charge on any atom is 0.227 e. The topological polar surface area (TPSA) is 57.2 Å². The standard InChI is InChI=1S/C27H36N6S/c1-18(2)21-5-6-24(33-15-20(16-33)17-34-4)23-14-29-26(13-22(21)23)30-25-7-10-28-27(31-25)32-11-8-19(3)9-12-32/h5-7,10,13-14,18-20H,8-9,11-12,15-17H2,1-4H3,(H,28,29,30,31). The van der Waals surface area contributed by atoms with Crippen LogP contribution in [0.4, 0.5) is 23.3 Å². The molecular weight excluding hydrogens is 440 g/mol. The Labute approximate surface area is 207 Å². The highest BCUT2D eigenvalue weighted by molar-refractivity contribution is 7.98. The zero-order chi connectivity index (χ0) is 23.7. The fourth-order valence-corrected chi connectivity index (χ4v) is 5.79. The molecule has 0 amide bonds. The smallest absolute Gasteiger partial charge is 0.227 e. The lowest BCUT2D eigenvalue weighted by atomic mass is 9.93. The number of hydrogen-bond donors (Lipinski definition) is 1. The van der Waals surface area contributed by atoms with Crippen LogP contribution < -0.4 is 15.1 Å². The molecule has 2 aliphatic heterocycles. The maximum atomic E-state index is 4.80. The molecule has 0 atom stereocenters. The lowest BCUT2D eigenvalue weighted by molar-refractivity contribution is 0.434. The number of hydrogen-bond acceptors (Lipinski definition) is 7. The van der Waals surface area contributed by atoms with Crippen molar-refractivity contribution in [3.05, 3.63) is 42.2 Å². The van der Waals surface area contributed by atoms with Crippen LogP contribution >= 0.6 is 11.8 Å². The van der Waals surface area contributed by atoms with Crippen LogP contribution in [-0.4, -0.2) is 53.1 Å². The fourth-order valence-electron chi connectivity index (χ4n) is 5.11. The molecule has 1 N–H and O–H groups in total. The van der Waals surface area contributed by atoms with E-state index in [2.05, 4.69) is 65.3 Å². The van der Waals surface area contributed by atoms with Crippen molar-refractivity contribution in [3.63, 3.8) is 0 Å². The normalized spacial score (nSPS) is 17.4. The Morgan fingerprint density at radius 3 is 2.56 bits per heavy atom. The van der Waals surface area contributed by atoms with Crippen molar-refractivity contribution in [2.45, 2.75) is 39.5 Å². The molecule has 180 valence electrons. The summed E-state index contributed by atoms with van der Waals surface area (Å²) in [5.74, 6) is 5.68. The van der Waals surface area contributed by atoms with Gasteiger partial charge in [-0.25, -0.2) is 9.97 Å². The molecule has 1 aromatic carbocycles. The quantitative estimate of drug-likeness (QED) is 0.454. The average Bonchev–Trinajstić information content (AvgIpc) is 2.81. The third-order valence-electron chi connectivity index (χ3n) is 7.20. The molecule has 0 bridgehead atoms. The minimum Gasteiger partial charge on any atom is -0.370 e. The van der Waals surface area contributed by atoms with Gasteiger partial charge in [0.15, 0.2) is 0 Å². The van der Waals surface area contributed by atoms with Gasteiger partial charge < -0.3 is 15.1 Å². The molecule has 2 aromatic heterocycles. The zero-order valence-electron chi connectivity index (χ0n) is 20.8. The molecule has 3 aromatic rings. The molecule has 0 saturated carbocycles. The van der Waals surface area contributed by atoms with Crippen molar-refractivity contribution < 1.29 is 0 Å². The lowest BCUT2D eigenvalue weighted by Crippen LogP contribution is -2.48. The predicted molar refractivity (Wildman–Crippen MR) is 146 cm³/mol. The zero-order valence-corrected chi connectivity index (χ0v) is 21.6. The van der Waals surface area contributed by atoms with Crippen LogP contribution in [0.15, 0.2) is 36.7 Å². The number of anilines is 4. The van der Waals surface area contributed by atoms with Crippen LogP contribution in [0.2, 0.25) is 0 Å². The third-order valence-corrected chi connectivity index (χ3v) is 8.00. The molecule has 4 heterocycles. The minimum atomic E-state index is 0.444. The van der Waals surface area contributed by atoms with Crippen LogP contribution in [-0.2, 0) is 0 Å². The highest BCUT2D eigenvalue weighted by Gasteiger charge is 2.28. The molecule has 2 aliphatic rings. The number of nitrogens with one attached hydrogen (secondary N) is 1. The van der Waals surface area contributed by atoms with Gasteiger partial charge in [-0.15, -0.1) is 0 Å². The number of piperidine rings is 1. The molecule has 0 unspecified atom stereocenters. The molecule has 2 fully saturated rings. The molecule has 5 rings (SSSR count). The van der Waals surface area contributed by atoms with Crippen molar-refractivity contribution in [1.29, 1.82) is 0 Å². The van der Waals surface area contributed by atoms with Gasteiger partial charge in [0.25, 0.3) is 0 Å². The van der Waals surface area contributed by atoms with Gasteiger partial charge in [-0.1, -0.05) is 26.8 Å². The lowest BCUT2D eigenvalue weighted by Gasteiger charge is -2.41. The highest BCUT2D eigenvalue weighted by atomic mass is 32.2. The summed E-state index contributed by atoms with van der Waals surface area (Å²) in [5, 5.41) is 5.96. The van der Waals surface area contributed by atoms with Crippen molar-refractivity contribution in [2.75, 3.05) is 53.3 Å². The first-order valence-electron chi connectivity index (χ1n) is 12.5. The van der Waals surface area contributed by atoms with E-state index < -0.39 is 0 Å². The monoisotopic (exact) mass is 476 g/mol. The summed E-state index contributed by atoms with van der Waals surface area (Å²) >= 11 is 1.94. The van der Waals surface area contributed by atoms with E-state index in [0.29, 0.717) is 5.92 Å². The van der Waals surface area contributed by atoms with Crippen LogP contribution in [0.5, 0.6) is 0 Å². The Balaban J connectivity index is 1.40. The van der Waals surface area contributed by atoms with Crippen LogP contribution in [0.3, 0.4) is 0 Å². The molecule has 6 nitrogen and oxygen atoms in total. The van der Waals surface area contributed by atoms with Crippen molar-refractivity contribution >= 4 is 45.8 Å². The Kier molecular flexibility index (Phi) is 6.82. The Hall–Kier alpha value is -2.54. The van der Waals surface area contributed by atoms with E-state index in [-0.39, 0.29) is 0 Å². The Bertz CT molecular complexity index is 1140. The first-order chi connectivity index (χ1) is 16.5. The van der Waals surface area contributed by atoms with Gasteiger partial charge in [0, 0.05) is 55.6 Å². The molecule has 7 heteroatoms. The van der Waals surface area contributed by atoms with Gasteiger partial charge in [-0.05, 0) is 65.8 Å². The number of rotatable bonds is 7. The molecule has 2 saturated heterocycles. The van der Waals surface area contributed by atoms with Gasteiger partial charge in [-0.2, -0.15) is 16.7 Å². The molecule has 0 spiro atoms. The summed E-state index contributed by atoms with van der Waals surface area (Å²) in [6.45, 7) is 11.2. The number of aromatic nitrogens is 3. The van der Waals surface area contributed by atoms with Crippen molar-refractivity contribution in [1.82, 2.24) is 15.0 Å². The van der Waals surface area contributed by atoms with E-state index in [0.717, 1.165) is 55.6 Å². The van der Waals surface area contributed by atoms with E-state index in [1.165, 1.54) is 40.6 Å². The van der Waals surface area contributed by atoms with E-state index in [4.69, 9.17) is 9.97 Å². The van der Waals surface area contributed by atoms with E-state index in [1.807, 2.05) is 30.2 Å². The summed E-state index contributed by atoms with van der Waals surface area (Å²) in [5.41, 5.74) is 2.66. The second kappa shape index (κ2) is 9.98. The average molecular weight is 477 g/mol. The number of benzene rings is 1. The number of thioether (sulfide) groups is 1. The Morgan fingerprint density at radius 1 is 1.03 bits per heavy atom. The first-order valence-corrected chi connectivity index (χ1v) is 13.9. The molecule has 0 aliphatic carbocycles. The van der Waals surface area contributed by atoms with Crippen molar-refractivity contribution in [2.24, 2.45) is 11.8 Å². The van der Waals surface area contributed by atoms with Gasteiger partial charge >= 0.3 is 0 Å². The summed E-state index contributed by atoms with van der Waals surface area (Å²) in [6.07, 6.45) is 8.47. The van der Waals surface area contributed by atoms with Crippen LogP contribution in [0.1, 0.15) is 45.1 Å². The second-order valence-electron chi connectivity index (χ2n) is 10.2. The number of fused-ring (bicyclic) bond motifs is 1. The molecule has 0 radical (unpaired) electrons. The van der Waals surface area contributed by atoms with E-state index >= 15 is 0 Å². The molecular formula is C27H36N6S. The fraction of sp³-hybridized carbons (Fsp3) is 0.519. The Morgan fingerprint density at radius 2 is 1.82 bits per heavy atom. The van der Waals surface area contributed by atoms with Crippen LogP contribution in [0.25, 0.3) is 10.8 Å². The van der Waals surface area contributed by atoms with Crippen LogP contribution in [0, 0.1) is 11.8 Å². The summed E-state index contributed by atoms with van der Waals surface area (Å²) in [6, 6.07) is 8.71. The predicted octanol–water partition coefficient (Wildman–Crippen LogP) is 5.93. The highest BCUT2D eigenvalue weighted by Crippen LogP contribution is 2.37.